The monoisotopic (exact) mass is 290 g/mol. The standard InChI is InChI=1S/C17H30N4/c1-17(2,3)19-11-14-8-9-18-12-16(14)21(5)15-7-6-10-20(4)13-15/h8-9,12,15,19H,6-7,10-11,13H2,1-5H3. The van der Waals surface area contributed by atoms with Crippen LogP contribution in [-0.2, 0) is 6.54 Å². The van der Waals surface area contributed by atoms with Crippen LogP contribution in [0.5, 0.6) is 0 Å². The summed E-state index contributed by atoms with van der Waals surface area (Å²) in [5, 5.41) is 3.58. The lowest BCUT2D eigenvalue weighted by Crippen LogP contribution is -2.45. The summed E-state index contributed by atoms with van der Waals surface area (Å²) in [4.78, 5) is 9.19. The van der Waals surface area contributed by atoms with E-state index in [0.29, 0.717) is 6.04 Å². The summed E-state index contributed by atoms with van der Waals surface area (Å²) in [5.74, 6) is 0. The Morgan fingerprint density at radius 1 is 1.43 bits per heavy atom. The second-order valence-corrected chi connectivity index (χ2v) is 7.28. The molecule has 2 heterocycles. The fourth-order valence-corrected chi connectivity index (χ4v) is 2.89. The van der Waals surface area contributed by atoms with Gasteiger partial charge in [0.15, 0.2) is 0 Å². The van der Waals surface area contributed by atoms with Crippen molar-refractivity contribution in [2.45, 2.75) is 51.7 Å². The first kappa shape index (κ1) is 16.2. The van der Waals surface area contributed by atoms with Gasteiger partial charge in [0.25, 0.3) is 0 Å². The minimum atomic E-state index is 0.129. The van der Waals surface area contributed by atoms with Crippen LogP contribution in [0, 0.1) is 0 Å². The molecular weight excluding hydrogens is 260 g/mol. The normalized spacial score (nSPS) is 20.5. The molecule has 21 heavy (non-hydrogen) atoms. The molecular formula is C17H30N4. The van der Waals surface area contributed by atoms with Crippen LogP contribution in [0.15, 0.2) is 18.5 Å². The quantitative estimate of drug-likeness (QED) is 0.923. The number of anilines is 1. The molecule has 118 valence electrons. The van der Waals surface area contributed by atoms with Gasteiger partial charge in [-0.15, -0.1) is 0 Å². The number of hydrogen-bond donors (Lipinski definition) is 1. The second kappa shape index (κ2) is 6.75. The van der Waals surface area contributed by atoms with Gasteiger partial charge in [-0.1, -0.05) is 0 Å². The zero-order valence-corrected chi connectivity index (χ0v) is 14.2. The summed E-state index contributed by atoms with van der Waals surface area (Å²) in [7, 11) is 4.42. The molecule has 1 aromatic rings. The number of piperidine rings is 1. The molecule has 1 fully saturated rings. The molecule has 1 aliphatic rings. The van der Waals surface area contributed by atoms with Gasteiger partial charge in [0.05, 0.1) is 11.9 Å². The van der Waals surface area contributed by atoms with E-state index in [1.807, 2.05) is 12.4 Å². The molecule has 1 atom stereocenters. The number of aromatic nitrogens is 1. The summed E-state index contributed by atoms with van der Waals surface area (Å²) in [5.41, 5.74) is 2.72. The zero-order valence-electron chi connectivity index (χ0n) is 14.2. The minimum absolute atomic E-state index is 0.129. The van der Waals surface area contributed by atoms with Crippen LogP contribution in [0.4, 0.5) is 5.69 Å². The maximum absolute atomic E-state index is 4.34. The highest BCUT2D eigenvalue weighted by molar-refractivity contribution is 5.52. The topological polar surface area (TPSA) is 31.4 Å². The summed E-state index contributed by atoms with van der Waals surface area (Å²) in [6, 6.07) is 2.72. The van der Waals surface area contributed by atoms with E-state index in [9.17, 15) is 0 Å². The zero-order chi connectivity index (χ0) is 15.5. The van der Waals surface area contributed by atoms with Crippen LogP contribution in [-0.4, -0.2) is 48.6 Å². The molecule has 0 aliphatic carbocycles. The highest BCUT2D eigenvalue weighted by Crippen LogP contribution is 2.24. The molecule has 0 radical (unpaired) electrons. The smallest absolute Gasteiger partial charge is 0.0598 e. The van der Waals surface area contributed by atoms with Crippen LogP contribution < -0.4 is 10.2 Å². The molecule has 4 heteroatoms. The Morgan fingerprint density at radius 3 is 2.86 bits per heavy atom. The van der Waals surface area contributed by atoms with Crippen LogP contribution in [0.1, 0.15) is 39.2 Å². The maximum atomic E-state index is 4.34. The molecule has 0 amide bonds. The average Bonchev–Trinajstić information content (AvgIpc) is 2.44. The predicted octanol–water partition coefficient (Wildman–Crippen LogP) is 2.50. The fourth-order valence-electron chi connectivity index (χ4n) is 2.89. The molecule has 1 saturated heterocycles. The molecule has 0 bridgehead atoms. The molecule has 1 aliphatic heterocycles. The molecule has 1 unspecified atom stereocenters. The van der Waals surface area contributed by atoms with Crippen molar-refractivity contribution in [3.05, 3.63) is 24.0 Å². The van der Waals surface area contributed by atoms with Crippen molar-refractivity contribution in [1.82, 2.24) is 15.2 Å². The fraction of sp³-hybridized carbons (Fsp3) is 0.706. The van der Waals surface area contributed by atoms with Gasteiger partial charge >= 0.3 is 0 Å². The Kier molecular flexibility index (Phi) is 5.22. The first-order chi connectivity index (χ1) is 9.87. The van der Waals surface area contributed by atoms with E-state index < -0.39 is 0 Å². The molecule has 1 N–H and O–H groups in total. The van der Waals surface area contributed by atoms with Crippen molar-refractivity contribution in [1.29, 1.82) is 0 Å². The lowest BCUT2D eigenvalue weighted by Gasteiger charge is -2.38. The van der Waals surface area contributed by atoms with E-state index in [1.54, 1.807) is 0 Å². The van der Waals surface area contributed by atoms with Crippen LogP contribution in [0.2, 0.25) is 0 Å². The van der Waals surface area contributed by atoms with Gasteiger partial charge in [-0.2, -0.15) is 0 Å². The van der Waals surface area contributed by atoms with E-state index in [2.05, 4.69) is 61.0 Å². The van der Waals surface area contributed by atoms with Crippen molar-refractivity contribution in [2.24, 2.45) is 0 Å². The maximum Gasteiger partial charge on any atom is 0.0598 e. The summed E-state index contributed by atoms with van der Waals surface area (Å²) in [6.45, 7) is 9.84. The highest BCUT2D eigenvalue weighted by atomic mass is 15.2. The Labute approximate surface area is 129 Å². The molecule has 2 rings (SSSR count). The van der Waals surface area contributed by atoms with Gasteiger partial charge < -0.3 is 15.1 Å². The average molecular weight is 290 g/mol. The van der Waals surface area contributed by atoms with Crippen molar-refractivity contribution >= 4 is 5.69 Å². The van der Waals surface area contributed by atoms with Crippen molar-refractivity contribution in [2.75, 3.05) is 32.1 Å². The van der Waals surface area contributed by atoms with Gasteiger partial charge in [0.2, 0.25) is 0 Å². The number of rotatable bonds is 4. The summed E-state index contributed by atoms with van der Waals surface area (Å²) >= 11 is 0. The number of pyridine rings is 1. The Morgan fingerprint density at radius 2 is 2.19 bits per heavy atom. The van der Waals surface area contributed by atoms with Gasteiger partial charge in [-0.05, 0) is 58.8 Å². The third-order valence-corrected chi connectivity index (χ3v) is 4.22. The van der Waals surface area contributed by atoms with Gasteiger partial charge in [-0.25, -0.2) is 0 Å². The van der Waals surface area contributed by atoms with Crippen LogP contribution in [0.25, 0.3) is 0 Å². The lowest BCUT2D eigenvalue weighted by atomic mass is 10.0. The SMILES string of the molecule is CN1CCCC(N(C)c2cnccc2CNC(C)(C)C)C1. The number of likely N-dealkylation sites (N-methyl/N-ethyl adjacent to an activating group) is 2. The van der Waals surface area contributed by atoms with Crippen molar-refractivity contribution in [3.63, 3.8) is 0 Å². The van der Waals surface area contributed by atoms with E-state index in [0.717, 1.165) is 13.1 Å². The van der Waals surface area contributed by atoms with E-state index in [1.165, 1.54) is 30.6 Å². The number of likely N-dealkylation sites (tertiary alicyclic amines) is 1. The third-order valence-electron chi connectivity index (χ3n) is 4.22. The lowest BCUT2D eigenvalue weighted by molar-refractivity contribution is 0.247. The largest absolute Gasteiger partial charge is 0.369 e. The predicted molar refractivity (Wildman–Crippen MR) is 89.8 cm³/mol. The van der Waals surface area contributed by atoms with Gasteiger partial charge in [0.1, 0.15) is 0 Å². The Bertz CT molecular complexity index is 452. The van der Waals surface area contributed by atoms with Crippen molar-refractivity contribution < 1.29 is 0 Å². The van der Waals surface area contributed by atoms with Gasteiger partial charge in [0, 0.05) is 37.9 Å². The minimum Gasteiger partial charge on any atom is -0.369 e. The number of hydrogen-bond acceptors (Lipinski definition) is 4. The van der Waals surface area contributed by atoms with E-state index in [-0.39, 0.29) is 5.54 Å². The van der Waals surface area contributed by atoms with E-state index in [4.69, 9.17) is 0 Å². The van der Waals surface area contributed by atoms with E-state index >= 15 is 0 Å². The highest BCUT2D eigenvalue weighted by Gasteiger charge is 2.23. The first-order valence-corrected chi connectivity index (χ1v) is 7.96. The molecule has 0 saturated carbocycles. The molecule has 0 aromatic carbocycles. The second-order valence-electron chi connectivity index (χ2n) is 7.28. The number of nitrogens with zero attached hydrogens (tertiary/aromatic N) is 3. The molecule has 1 aromatic heterocycles. The third kappa shape index (κ3) is 4.68. The summed E-state index contributed by atoms with van der Waals surface area (Å²) in [6.07, 6.45) is 6.45. The van der Waals surface area contributed by atoms with Crippen LogP contribution >= 0.6 is 0 Å². The molecule has 0 spiro atoms. The van der Waals surface area contributed by atoms with Crippen LogP contribution in [0.3, 0.4) is 0 Å². The Balaban J connectivity index is 2.11. The van der Waals surface area contributed by atoms with Crippen molar-refractivity contribution in [3.8, 4) is 0 Å². The number of nitrogens with one attached hydrogen (secondary N) is 1. The van der Waals surface area contributed by atoms with Gasteiger partial charge in [-0.3, -0.25) is 4.98 Å². The first-order valence-electron chi connectivity index (χ1n) is 7.96. The molecule has 4 nitrogen and oxygen atoms in total. The summed E-state index contributed by atoms with van der Waals surface area (Å²) < 4.78 is 0. The Hall–Kier alpha value is -1.13.